The second-order valence-corrected chi connectivity index (χ2v) is 5.81. The van der Waals surface area contributed by atoms with Gasteiger partial charge in [0.25, 0.3) is 11.8 Å². The first-order valence-corrected chi connectivity index (χ1v) is 8.17. The number of anilines is 1. The van der Waals surface area contributed by atoms with E-state index in [2.05, 4.69) is 30.5 Å². The second-order valence-electron chi connectivity index (χ2n) is 5.81. The van der Waals surface area contributed by atoms with Crippen LogP contribution in [0.15, 0.2) is 33.8 Å². The minimum absolute atomic E-state index is 0.125. The quantitative estimate of drug-likeness (QED) is 0.362. The molecule has 0 spiro atoms. The van der Waals surface area contributed by atoms with E-state index in [0.717, 1.165) is 7.05 Å². The molecule has 10 nitrogen and oxygen atoms in total. The normalized spacial score (nSPS) is 12.0. The molecule has 0 fully saturated rings. The van der Waals surface area contributed by atoms with Crippen LogP contribution in [0.4, 0.5) is 27.9 Å². The maximum Gasteiger partial charge on any atom is 0.435 e. The molecule has 0 saturated heterocycles. The zero-order chi connectivity index (χ0) is 22.8. The zero-order valence-electron chi connectivity index (χ0n) is 15.4. The van der Waals surface area contributed by atoms with Gasteiger partial charge in [-0.3, -0.25) is 4.79 Å². The Morgan fingerprint density at radius 3 is 2.42 bits per heavy atom. The van der Waals surface area contributed by atoms with Crippen molar-refractivity contribution in [1.82, 2.24) is 30.4 Å². The number of nitrogen functional groups attached to an aromatic ring is 1. The van der Waals surface area contributed by atoms with Gasteiger partial charge in [0.05, 0.1) is 6.21 Å². The summed E-state index contributed by atoms with van der Waals surface area (Å²) in [5.74, 6) is -2.90. The molecule has 2 N–H and O–H groups in total. The standard InChI is InChI=1S/C16H11F5N8O2/c1-29(14(30)9-10(16(19,20)21)24-15(22)28-25-9)23-6-7-2-4-8(5-3-7)12-26-27-13(31-12)11(17)18/h2-6,11H,1H3,(H2,22,24,28)/b23-6+. The molecule has 15 heteroatoms. The Balaban J connectivity index is 1.75. The molecule has 2 heterocycles. The molecular formula is C16H11F5N8O2. The summed E-state index contributed by atoms with van der Waals surface area (Å²) < 4.78 is 69.1. The summed E-state index contributed by atoms with van der Waals surface area (Å²) >= 11 is 0. The third kappa shape index (κ3) is 4.93. The highest BCUT2D eigenvalue weighted by Gasteiger charge is 2.40. The molecule has 31 heavy (non-hydrogen) atoms. The molecular weight excluding hydrogens is 431 g/mol. The number of carbonyl (C=O) groups excluding carboxylic acids is 1. The monoisotopic (exact) mass is 442 g/mol. The fraction of sp³-hybridized carbons (Fsp3) is 0.188. The van der Waals surface area contributed by atoms with E-state index < -0.39 is 41.7 Å². The molecule has 3 aromatic rings. The summed E-state index contributed by atoms with van der Waals surface area (Å²) in [5.41, 5.74) is 3.23. The van der Waals surface area contributed by atoms with Crippen molar-refractivity contribution in [1.29, 1.82) is 0 Å². The summed E-state index contributed by atoms with van der Waals surface area (Å²) in [5, 5.41) is 17.4. The number of aromatic nitrogens is 5. The SMILES string of the molecule is CN(/N=C/c1ccc(-c2nnc(C(F)F)o2)cc1)C(=O)c1nnc(N)nc1C(F)(F)F. The van der Waals surface area contributed by atoms with Crippen molar-refractivity contribution in [3.05, 3.63) is 47.1 Å². The Kier molecular flexibility index (Phi) is 5.85. The highest BCUT2D eigenvalue weighted by atomic mass is 19.4. The van der Waals surface area contributed by atoms with Crippen molar-refractivity contribution in [3.8, 4) is 11.5 Å². The van der Waals surface area contributed by atoms with Gasteiger partial charge in [-0.1, -0.05) is 12.1 Å². The van der Waals surface area contributed by atoms with Gasteiger partial charge in [0, 0.05) is 12.6 Å². The number of carbonyl (C=O) groups is 1. The maximum atomic E-state index is 13.1. The van der Waals surface area contributed by atoms with Crippen molar-refractivity contribution in [2.75, 3.05) is 12.8 Å². The number of amides is 1. The first-order valence-electron chi connectivity index (χ1n) is 8.17. The van der Waals surface area contributed by atoms with Crippen LogP contribution >= 0.6 is 0 Å². The number of nitrogens with zero attached hydrogens (tertiary/aromatic N) is 7. The van der Waals surface area contributed by atoms with Gasteiger partial charge in [0.2, 0.25) is 11.8 Å². The third-order valence-corrected chi connectivity index (χ3v) is 3.63. The smallest absolute Gasteiger partial charge is 0.415 e. The zero-order valence-corrected chi connectivity index (χ0v) is 15.4. The van der Waals surface area contributed by atoms with E-state index in [1.165, 1.54) is 30.5 Å². The van der Waals surface area contributed by atoms with Crippen LogP contribution in [0.3, 0.4) is 0 Å². The van der Waals surface area contributed by atoms with Crippen LogP contribution in [0, 0.1) is 0 Å². The number of benzene rings is 1. The Labute approximate surface area is 169 Å². The Morgan fingerprint density at radius 1 is 1.16 bits per heavy atom. The summed E-state index contributed by atoms with van der Waals surface area (Å²) in [7, 11) is 1.11. The van der Waals surface area contributed by atoms with Crippen molar-refractivity contribution in [2.24, 2.45) is 5.10 Å². The predicted molar refractivity (Wildman–Crippen MR) is 93.6 cm³/mol. The minimum Gasteiger partial charge on any atom is -0.415 e. The average molecular weight is 442 g/mol. The fourth-order valence-electron chi connectivity index (χ4n) is 2.19. The number of rotatable bonds is 5. The van der Waals surface area contributed by atoms with Crippen LogP contribution in [-0.4, -0.2) is 49.6 Å². The molecule has 0 aliphatic carbocycles. The maximum absolute atomic E-state index is 13.1. The van der Waals surface area contributed by atoms with Gasteiger partial charge in [0.1, 0.15) is 0 Å². The molecule has 0 aliphatic heterocycles. The molecule has 1 amide bonds. The largest absolute Gasteiger partial charge is 0.435 e. The summed E-state index contributed by atoms with van der Waals surface area (Å²) in [4.78, 5) is 15.3. The van der Waals surface area contributed by atoms with E-state index in [9.17, 15) is 26.7 Å². The number of alkyl halides is 5. The van der Waals surface area contributed by atoms with Crippen LogP contribution in [0.2, 0.25) is 0 Å². The predicted octanol–water partition coefficient (Wildman–Crippen LogP) is 2.57. The molecule has 3 rings (SSSR count). The van der Waals surface area contributed by atoms with E-state index in [1.807, 2.05) is 0 Å². The molecule has 0 aliphatic rings. The first kappa shape index (κ1) is 21.7. The first-order chi connectivity index (χ1) is 14.6. The summed E-state index contributed by atoms with van der Waals surface area (Å²) in [6.07, 6.45) is -6.71. The van der Waals surface area contributed by atoms with E-state index in [0.29, 0.717) is 16.1 Å². The highest BCUT2D eigenvalue weighted by Crippen LogP contribution is 2.30. The molecule has 1 aromatic carbocycles. The Bertz CT molecular complexity index is 1110. The van der Waals surface area contributed by atoms with E-state index in [-0.39, 0.29) is 5.89 Å². The molecule has 0 atom stereocenters. The van der Waals surface area contributed by atoms with Gasteiger partial charge in [-0.2, -0.15) is 27.1 Å². The Hall–Kier alpha value is -4.04. The van der Waals surface area contributed by atoms with Gasteiger partial charge >= 0.3 is 12.6 Å². The molecule has 0 saturated carbocycles. The lowest BCUT2D eigenvalue weighted by atomic mass is 10.1. The molecule has 0 bridgehead atoms. The number of hydrogen-bond donors (Lipinski definition) is 1. The Morgan fingerprint density at radius 2 is 1.84 bits per heavy atom. The van der Waals surface area contributed by atoms with Crippen LogP contribution in [0.1, 0.15) is 34.1 Å². The highest BCUT2D eigenvalue weighted by molar-refractivity contribution is 5.94. The average Bonchev–Trinajstić information content (AvgIpc) is 3.22. The van der Waals surface area contributed by atoms with Crippen LogP contribution in [-0.2, 0) is 6.18 Å². The second kappa shape index (κ2) is 8.37. The minimum atomic E-state index is -4.98. The molecule has 2 aromatic heterocycles. The van der Waals surface area contributed by atoms with Crippen molar-refractivity contribution in [3.63, 3.8) is 0 Å². The van der Waals surface area contributed by atoms with Gasteiger partial charge in [-0.15, -0.1) is 20.4 Å². The van der Waals surface area contributed by atoms with Crippen molar-refractivity contribution in [2.45, 2.75) is 12.6 Å². The fourth-order valence-corrected chi connectivity index (χ4v) is 2.19. The molecule has 0 radical (unpaired) electrons. The number of hydrogen-bond acceptors (Lipinski definition) is 9. The third-order valence-electron chi connectivity index (χ3n) is 3.63. The number of hydrazone groups is 1. The summed E-state index contributed by atoms with van der Waals surface area (Å²) in [6.45, 7) is 0. The summed E-state index contributed by atoms with van der Waals surface area (Å²) in [6, 6.07) is 5.89. The van der Waals surface area contributed by atoms with Crippen molar-refractivity contribution >= 4 is 18.1 Å². The van der Waals surface area contributed by atoms with Gasteiger partial charge in [-0.05, 0) is 17.7 Å². The van der Waals surface area contributed by atoms with Crippen LogP contribution in [0.25, 0.3) is 11.5 Å². The lowest BCUT2D eigenvalue weighted by Gasteiger charge is -2.13. The van der Waals surface area contributed by atoms with Crippen LogP contribution < -0.4 is 5.73 Å². The lowest BCUT2D eigenvalue weighted by Crippen LogP contribution is -2.28. The molecule has 162 valence electrons. The molecule has 0 unspecified atom stereocenters. The van der Waals surface area contributed by atoms with Crippen LogP contribution in [0.5, 0.6) is 0 Å². The lowest BCUT2D eigenvalue weighted by molar-refractivity contribution is -0.141. The van der Waals surface area contributed by atoms with Gasteiger partial charge in [-0.25, -0.2) is 9.99 Å². The number of halogens is 5. The van der Waals surface area contributed by atoms with Crippen molar-refractivity contribution < 1.29 is 31.2 Å². The topological polar surface area (TPSA) is 136 Å². The van der Waals surface area contributed by atoms with Gasteiger partial charge < -0.3 is 10.2 Å². The van der Waals surface area contributed by atoms with E-state index in [1.54, 1.807) is 0 Å². The van der Waals surface area contributed by atoms with E-state index >= 15 is 0 Å². The number of nitrogens with two attached hydrogens (primary N) is 1. The van der Waals surface area contributed by atoms with Gasteiger partial charge in [0.15, 0.2) is 11.4 Å². The van der Waals surface area contributed by atoms with E-state index in [4.69, 9.17) is 10.2 Å².